The van der Waals surface area contributed by atoms with Gasteiger partial charge in [0.25, 0.3) is 0 Å². The molecule has 0 atom stereocenters. The van der Waals surface area contributed by atoms with Gasteiger partial charge in [0.15, 0.2) is 11.5 Å². The molecule has 0 unspecified atom stereocenters. The maximum Gasteiger partial charge on any atom is 0.322 e. The lowest BCUT2D eigenvalue weighted by Gasteiger charge is -2.48. The van der Waals surface area contributed by atoms with E-state index in [4.69, 9.17) is 9.15 Å². The summed E-state index contributed by atoms with van der Waals surface area (Å²) in [6, 6.07) is 5.46. The van der Waals surface area contributed by atoms with Crippen molar-refractivity contribution in [3.8, 4) is 0 Å². The Balaban J connectivity index is 1.52. The van der Waals surface area contributed by atoms with Gasteiger partial charge in [0, 0.05) is 12.6 Å². The predicted molar refractivity (Wildman–Crippen MR) is 95.7 cm³/mol. The Morgan fingerprint density at radius 1 is 1.24 bits per heavy atom. The molecule has 6 nitrogen and oxygen atoms in total. The number of morpholine rings is 1. The molecule has 1 spiro atoms. The number of nitrogens with zero attached hydrogens (tertiary/aromatic N) is 2. The van der Waals surface area contributed by atoms with Gasteiger partial charge in [-0.25, -0.2) is 9.78 Å². The molecule has 1 aromatic heterocycles. The van der Waals surface area contributed by atoms with Gasteiger partial charge in [-0.2, -0.15) is 0 Å². The van der Waals surface area contributed by atoms with Crippen LogP contribution < -0.4 is 5.32 Å². The highest BCUT2D eigenvalue weighted by Gasteiger charge is 2.47. The van der Waals surface area contributed by atoms with E-state index in [1.54, 1.807) is 0 Å². The number of urea groups is 1. The van der Waals surface area contributed by atoms with Crippen LogP contribution in [0.1, 0.15) is 45.4 Å². The van der Waals surface area contributed by atoms with Crippen LogP contribution in [0.4, 0.5) is 10.5 Å². The first-order valence-corrected chi connectivity index (χ1v) is 8.98. The molecule has 1 saturated carbocycles. The zero-order valence-electron chi connectivity index (χ0n) is 15.1. The van der Waals surface area contributed by atoms with Gasteiger partial charge in [0.05, 0.1) is 24.3 Å². The van der Waals surface area contributed by atoms with Crippen molar-refractivity contribution in [2.45, 2.75) is 57.7 Å². The number of amides is 2. The molecular weight excluding hydrogens is 318 g/mol. The van der Waals surface area contributed by atoms with Gasteiger partial charge in [0.1, 0.15) is 5.52 Å². The molecule has 2 amide bonds. The monoisotopic (exact) mass is 343 g/mol. The van der Waals surface area contributed by atoms with Crippen molar-refractivity contribution in [2.24, 2.45) is 0 Å². The number of aromatic nitrogens is 1. The van der Waals surface area contributed by atoms with Crippen LogP contribution in [0, 0.1) is 6.92 Å². The predicted octanol–water partition coefficient (Wildman–Crippen LogP) is 4.09. The second kappa shape index (κ2) is 5.73. The Morgan fingerprint density at radius 2 is 2.00 bits per heavy atom. The summed E-state index contributed by atoms with van der Waals surface area (Å²) < 4.78 is 11.9. The molecule has 2 heterocycles. The van der Waals surface area contributed by atoms with Crippen LogP contribution in [0.15, 0.2) is 22.6 Å². The molecule has 4 rings (SSSR count). The number of carbonyl (C=O) groups is 1. The van der Waals surface area contributed by atoms with E-state index in [0.717, 1.165) is 29.6 Å². The Hall–Kier alpha value is -2.08. The third-order valence-electron chi connectivity index (χ3n) is 5.09. The third kappa shape index (κ3) is 3.23. The van der Waals surface area contributed by atoms with Crippen LogP contribution in [0.3, 0.4) is 0 Å². The number of nitrogens with one attached hydrogen (secondary N) is 1. The maximum atomic E-state index is 12.9. The number of hydrogen-bond donors (Lipinski definition) is 1. The van der Waals surface area contributed by atoms with Gasteiger partial charge in [-0.1, -0.05) is 12.8 Å². The van der Waals surface area contributed by atoms with Crippen molar-refractivity contribution < 1.29 is 13.9 Å². The van der Waals surface area contributed by atoms with Gasteiger partial charge >= 0.3 is 6.03 Å². The van der Waals surface area contributed by atoms with Crippen molar-refractivity contribution in [2.75, 3.05) is 18.4 Å². The lowest BCUT2D eigenvalue weighted by atomic mass is 9.94. The van der Waals surface area contributed by atoms with Crippen LogP contribution in [-0.4, -0.2) is 40.2 Å². The van der Waals surface area contributed by atoms with Crippen molar-refractivity contribution in [3.63, 3.8) is 0 Å². The topological polar surface area (TPSA) is 67.6 Å². The molecule has 1 saturated heterocycles. The molecule has 6 heteroatoms. The van der Waals surface area contributed by atoms with Crippen LogP contribution in [0.5, 0.6) is 0 Å². The van der Waals surface area contributed by atoms with Crippen LogP contribution in [0.25, 0.3) is 11.1 Å². The van der Waals surface area contributed by atoms with Crippen molar-refractivity contribution in [1.29, 1.82) is 0 Å². The first-order valence-electron chi connectivity index (χ1n) is 8.98. The smallest absolute Gasteiger partial charge is 0.322 e. The Labute approximate surface area is 147 Å². The highest BCUT2D eigenvalue weighted by Crippen LogP contribution is 2.40. The fourth-order valence-corrected chi connectivity index (χ4v) is 4.26. The average molecular weight is 343 g/mol. The molecule has 0 bridgehead atoms. The largest absolute Gasteiger partial charge is 0.441 e. The summed E-state index contributed by atoms with van der Waals surface area (Å²) in [6.45, 7) is 7.20. The fourth-order valence-electron chi connectivity index (χ4n) is 4.26. The average Bonchev–Trinajstić information content (AvgIpc) is 3.10. The number of aryl methyl sites for hydroxylation is 1. The highest BCUT2D eigenvalue weighted by atomic mass is 16.5. The van der Waals surface area contributed by atoms with Gasteiger partial charge in [-0.05, 0) is 44.9 Å². The quantitative estimate of drug-likeness (QED) is 0.847. The molecule has 1 N–H and O–H groups in total. The summed E-state index contributed by atoms with van der Waals surface area (Å²) in [5.41, 5.74) is 1.72. The number of benzene rings is 1. The number of ether oxygens (including phenoxy) is 1. The second-order valence-corrected chi connectivity index (χ2v) is 7.95. The van der Waals surface area contributed by atoms with Gasteiger partial charge in [-0.15, -0.1) is 0 Å². The van der Waals surface area contributed by atoms with E-state index in [1.165, 1.54) is 12.8 Å². The zero-order chi connectivity index (χ0) is 17.7. The molecule has 2 fully saturated rings. The summed E-state index contributed by atoms with van der Waals surface area (Å²) >= 11 is 0. The van der Waals surface area contributed by atoms with E-state index in [-0.39, 0.29) is 17.2 Å². The van der Waals surface area contributed by atoms with E-state index in [2.05, 4.69) is 24.1 Å². The number of fused-ring (bicyclic) bond motifs is 1. The standard InChI is InChI=1S/C19H25N3O3/c1-13-20-15-10-14(6-7-16(15)24-13)21-17(23)22-11-18(2,3)25-19(12-22)8-4-5-9-19/h6-7,10H,4-5,8-9,11-12H2,1-3H3,(H,21,23). The molecule has 25 heavy (non-hydrogen) atoms. The van der Waals surface area contributed by atoms with Crippen molar-refractivity contribution >= 4 is 22.8 Å². The SMILES string of the molecule is Cc1nc2cc(NC(=O)N3CC(C)(C)OC4(CCCC4)C3)ccc2o1. The van der Waals surface area contributed by atoms with Crippen LogP contribution in [-0.2, 0) is 4.74 Å². The Kier molecular flexibility index (Phi) is 3.76. The summed E-state index contributed by atoms with van der Waals surface area (Å²) in [6.07, 6.45) is 4.41. The van der Waals surface area contributed by atoms with E-state index in [1.807, 2.05) is 30.0 Å². The van der Waals surface area contributed by atoms with Gasteiger partial charge < -0.3 is 19.4 Å². The molecular formula is C19H25N3O3. The van der Waals surface area contributed by atoms with E-state index < -0.39 is 0 Å². The maximum absolute atomic E-state index is 12.9. The number of rotatable bonds is 1. The molecule has 1 aromatic carbocycles. The number of oxazole rings is 1. The van der Waals surface area contributed by atoms with Gasteiger partial charge in [-0.3, -0.25) is 0 Å². The second-order valence-electron chi connectivity index (χ2n) is 7.95. The summed E-state index contributed by atoms with van der Waals surface area (Å²) in [4.78, 5) is 19.1. The van der Waals surface area contributed by atoms with E-state index in [0.29, 0.717) is 19.0 Å². The minimum absolute atomic E-state index is 0.0813. The van der Waals surface area contributed by atoms with Gasteiger partial charge in [0.2, 0.25) is 0 Å². The number of hydrogen-bond acceptors (Lipinski definition) is 4. The number of anilines is 1. The summed E-state index contributed by atoms with van der Waals surface area (Å²) in [5.74, 6) is 0.622. The van der Waals surface area contributed by atoms with E-state index in [9.17, 15) is 4.79 Å². The molecule has 1 aliphatic heterocycles. The number of carbonyl (C=O) groups excluding carboxylic acids is 1. The minimum atomic E-state index is -0.326. The first kappa shape index (κ1) is 16.4. The Morgan fingerprint density at radius 3 is 2.76 bits per heavy atom. The lowest BCUT2D eigenvalue weighted by molar-refractivity contribution is -0.183. The molecule has 0 radical (unpaired) electrons. The van der Waals surface area contributed by atoms with Crippen molar-refractivity contribution in [3.05, 3.63) is 24.1 Å². The minimum Gasteiger partial charge on any atom is -0.441 e. The van der Waals surface area contributed by atoms with Crippen molar-refractivity contribution in [1.82, 2.24) is 9.88 Å². The highest BCUT2D eigenvalue weighted by molar-refractivity contribution is 5.91. The van der Waals surface area contributed by atoms with Crippen LogP contribution >= 0.6 is 0 Å². The zero-order valence-corrected chi connectivity index (χ0v) is 15.1. The molecule has 2 aliphatic rings. The Bertz CT molecular complexity index is 805. The molecule has 134 valence electrons. The normalized spacial score (nSPS) is 21.8. The lowest BCUT2D eigenvalue weighted by Crippen LogP contribution is -2.60. The van der Waals surface area contributed by atoms with Crippen LogP contribution in [0.2, 0.25) is 0 Å². The fraction of sp³-hybridized carbons (Fsp3) is 0.579. The molecule has 1 aliphatic carbocycles. The first-order chi connectivity index (χ1) is 11.8. The molecule has 2 aromatic rings. The summed E-state index contributed by atoms with van der Waals surface area (Å²) in [7, 11) is 0. The van der Waals surface area contributed by atoms with E-state index >= 15 is 0 Å². The summed E-state index contributed by atoms with van der Waals surface area (Å²) in [5, 5.41) is 3.01. The third-order valence-corrected chi connectivity index (χ3v) is 5.09.